The Morgan fingerprint density at radius 1 is 1.43 bits per heavy atom. The first-order chi connectivity index (χ1) is 9.88. The van der Waals surface area contributed by atoms with Crippen molar-refractivity contribution in [1.82, 2.24) is 9.88 Å². The van der Waals surface area contributed by atoms with Gasteiger partial charge in [0.05, 0.1) is 17.1 Å². The van der Waals surface area contributed by atoms with E-state index in [1.807, 2.05) is 13.8 Å². The zero-order chi connectivity index (χ0) is 16.0. The summed E-state index contributed by atoms with van der Waals surface area (Å²) in [6.07, 6.45) is 0. The zero-order valence-electron chi connectivity index (χ0n) is 12.7. The number of anilines is 2. The average Bonchev–Trinajstić information content (AvgIpc) is 2.45. The molecular weight excluding hydrogens is 274 g/mol. The van der Waals surface area contributed by atoms with Crippen LogP contribution in [0, 0.1) is 10.1 Å². The van der Waals surface area contributed by atoms with Crippen LogP contribution in [0.2, 0.25) is 0 Å². The molecule has 1 heterocycles. The summed E-state index contributed by atoms with van der Waals surface area (Å²) in [4.78, 5) is 28.2. The van der Waals surface area contributed by atoms with E-state index in [4.69, 9.17) is 0 Å². The van der Waals surface area contributed by atoms with Crippen LogP contribution in [0.25, 0.3) is 0 Å². The molecule has 1 atom stereocenters. The van der Waals surface area contributed by atoms with E-state index in [0.717, 1.165) is 0 Å². The van der Waals surface area contributed by atoms with Crippen LogP contribution in [0.3, 0.4) is 0 Å². The van der Waals surface area contributed by atoms with Crippen molar-refractivity contribution in [2.45, 2.75) is 26.8 Å². The van der Waals surface area contributed by atoms with Crippen molar-refractivity contribution in [2.24, 2.45) is 0 Å². The highest BCUT2D eigenvalue weighted by atomic mass is 16.6. The van der Waals surface area contributed by atoms with Gasteiger partial charge in [-0.15, -0.1) is 0 Å². The van der Waals surface area contributed by atoms with Gasteiger partial charge in [-0.3, -0.25) is 14.9 Å². The second-order valence-electron chi connectivity index (χ2n) is 4.60. The van der Waals surface area contributed by atoms with Crippen molar-refractivity contribution in [3.8, 4) is 0 Å². The smallest absolute Gasteiger partial charge is 0.276 e. The third kappa shape index (κ3) is 4.59. The van der Waals surface area contributed by atoms with E-state index >= 15 is 0 Å². The van der Waals surface area contributed by atoms with E-state index in [9.17, 15) is 14.9 Å². The number of pyridine rings is 1. The summed E-state index contributed by atoms with van der Waals surface area (Å²) < 4.78 is 0. The maximum atomic E-state index is 12.0. The molecule has 0 aliphatic carbocycles. The molecule has 8 nitrogen and oxygen atoms in total. The lowest BCUT2D eigenvalue weighted by atomic mass is 10.2. The third-order valence-corrected chi connectivity index (χ3v) is 2.96. The standard InChI is InChI=1S/C13H21N5O3/c1-5-14-11-7-10(18(20)21)8-12(16-11)15-9(3)13(19)17(4)6-2/h7-9H,5-6H2,1-4H3,(H2,14,15,16). The van der Waals surface area contributed by atoms with Gasteiger partial charge >= 0.3 is 0 Å². The van der Waals surface area contributed by atoms with Crippen molar-refractivity contribution >= 4 is 23.2 Å². The molecule has 21 heavy (non-hydrogen) atoms. The molecule has 0 aliphatic heterocycles. The molecule has 0 aliphatic rings. The van der Waals surface area contributed by atoms with Crippen LogP contribution < -0.4 is 10.6 Å². The number of carbonyl (C=O) groups is 1. The highest BCUT2D eigenvalue weighted by Gasteiger charge is 2.18. The van der Waals surface area contributed by atoms with Crippen LogP contribution >= 0.6 is 0 Å². The number of hydrogen-bond acceptors (Lipinski definition) is 6. The lowest BCUT2D eigenvalue weighted by Crippen LogP contribution is -2.39. The molecule has 1 amide bonds. The molecule has 0 bridgehead atoms. The quantitative estimate of drug-likeness (QED) is 0.586. The maximum absolute atomic E-state index is 12.0. The first-order valence-corrected chi connectivity index (χ1v) is 6.80. The van der Waals surface area contributed by atoms with Crippen LogP contribution in [-0.2, 0) is 4.79 Å². The average molecular weight is 295 g/mol. The summed E-state index contributed by atoms with van der Waals surface area (Å²) >= 11 is 0. The number of nitro groups is 1. The minimum absolute atomic E-state index is 0.0769. The summed E-state index contributed by atoms with van der Waals surface area (Å²) in [6, 6.07) is 2.16. The van der Waals surface area contributed by atoms with Gasteiger partial charge in [-0.1, -0.05) is 0 Å². The number of rotatable bonds is 7. The van der Waals surface area contributed by atoms with Gasteiger partial charge in [0.25, 0.3) is 5.69 Å². The number of likely N-dealkylation sites (N-methyl/N-ethyl adjacent to an activating group) is 1. The fourth-order valence-electron chi connectivity index (χ4n) is 1.74. The Kier molecular flexibility index (Phi) is 5.89. The Hall–Kier alpha value is -2.38. The summed E-state index contributed by atoms with van der Waals surface area (Å²) in [5.74, 6) is 0.596. The molecule has 0 saturated carbocycles. The predicted octanol–water partition coefficient (Wildman–Crippen LogP) is 1.70. The number of carbonyl (C=O) groups excluding carboxylic acids is 1. The van der Waals surface area contributed by atoms with Crippen molar-refractivity contribution in [1.29, 1.82) is 0 Å². The fourth-order valence-corrected chi connectivity index (χ4v) is 1.74. The topological polar surface area (TPSA) is 100 Å². The van der Waals surface area contributed by atoms with E-state index in [1.165, 1.54) is 12.1 Å². The van der Waals surface area contributed by atoms with Gasteiger partial charge < -0.3 is 15.5 Å². The summed E-state index contributed by atoms with van der Waals surface area (Å²) in [6.45, 7) is 6.63. The summed E-state index contributed by atoms with van der Waals surface area (Å²) in [5, 5.41) is 16.8. The largest absolute Gasteiger partial charge is 0.370 e. The normalized spacial score (nSPS) is 11.6. The molecule has 1 rings (SSSR count). The molecule has 1 aromatic heterocycles. The second-order valence-corrected chi connectivity index (χ2v) is 4.60. The van der Waals surface area contributed by atoms with Crippen LogP contribution in [0.4, 0.5) is 17.3 Å². The molecule has 0 aromatic carbocycles. The van der Waals surface area contributed by atoms with Gasteiger partial charge in [0, 0.05) is 20.1 Å². The van der Waals surface area contributed by atoms with Crippen molar-refractivity contribution in [3.05, 3.63) is 22.2 Å². The second kappa shape index (κ2) is 7.41. The van der Waals surface area contributed by atoms with Crippen molar-refractivity contribution in [2.75, 3.05) is 30.8 Å². The SMILES string of the molecule is CCNc1cc([N+](=O)[O-])cc(NC(C)C(=O)N(C)CC)n1. The van der Waals surface area contributed by atoms with E-state index in [2.05, 4.69) is 15.6 Å². The first kappa shape index (κ1) is 16.7. The molecule has 8 heteroatoms. The molecule has 0 spiro atoms. The van der Waals surface area contributed by atoms with Crippen LogP contribution in [0.15, 0.2) is 12.1 Å². The van der Waals surface area contributed by atoms with Crippen LogP contribution in [0.1, 0.15) is 20.8 Å². The number of amides is 1. The molecule has 0 radical (unpaired) electrons. The monoisotopic (exact) mass is 295 g/mol. The molecule has 0 saturated heterocycles. The van der Waals surface area contributed by atoms with Crippen LogP contribution in [-0.4, -0.2) is 46.9 Å². The number of hydrogen-bond donors (Lipinski definition) is 2. The predicted molar refractivity (Wildman–Crippen MR) is 81.5 cm³/mol. The highest BCUT2D eigenvalue weighted by molar-refractivity contribution is 5.84. The van der Waals surface area contributed by atoms with Gasteiger partial charge in [-0.2, -0.15) is 0 Å². The minimum Gasteiger partial charge on any atom is -0.370 e. The fraction of sp³-hybridized carbons (Fsp3) is 0.538. The molecule has 1 unspecified atom stereocenters. The van der Waals surface area contributed by atoms with E-state index in [1.54, 1.807) is 18.9 Å². The van der Waals surface area contributed by atoms with Gasteiger partial charge in [0.1, 0.15) is 17.7 Å². The number of aromatic nitrogens is 1. The van der Waals surface area contributed by atoms with E-state index < -0.39 is 11.0 Å². The Morgan fingerprint density at radius 3 is 2.57 bits per heavy atom. The molecule has 2 N–H and O–H groups in total. The van der Waals surface area contributed by atoms with Gasteiger partial charge in [0.15, 0.2) is 0 Å². The molecule has 1 aromatic rings. The Balaban J connectivity index is 2.96. The van der Waals surface area contributed by atoms with Gasteiger partial charge in [-0.25, -0.2) is 4.98 Å². The lowest BCUT2D eigenvalue weighted by molar-refractivity contribution is -0.384. The molecule has 116 valence electrons. The highest BCUT2D eigenvalue weighted by Crippen LogP contribution is 2.21. The number of nitrogens with one attached hydrogen (secondary N) is 2. The summed E-state index contributed by atoms with van der Waals surface area (Å²) in [5.41, 5.74) is -0.0769. The van der Waals surface area contributed by atoms with E-state index in [-0.39, 0.29) is 11.6 Å². The minimum atomic E-state index is -0.515. The van der Waals surface area contributed by atoms with Crippen LogP contribution in [0.5, 0.6) is 0 Å². The van der Waals surface area contributed by atoms with Gasteiger partial charge in [-0.05, 0) is 20.8 Å². The summed E-state index contributed by atoms with van der Waals surface area (Å²) in [7, 11) is 1.70. The maximum Gasteiger partial charge on any atom is 0.276 e. The van der Waals surface area contributed by atoms with E-state index in [0.29, 0.717) is 24.7 Å². The van der Waals surface area contributed by atoms with Crippen molar-refractivity contribution in [3.63, 3.8) is 0 Å². The Bertz CT molecular complexity index is 521. The van der Waals surface area contributed by atoms with Gasteiger partial charge in [0.2, 0.25) is 5.91 Å². The third-order valence-electron chi connectivity index (χ3n) is 2.96. The lowest BCUT2D eigenvalue weighted by Gasteiger charge is -2.21. The Morgan fingerprint density at radius 2 is 2.05 bits per heavy atom. The van der Waals surface area contributed by atoms with Crippen molar-refractivity contribution < 1.29 is 9.72 Å². The number of nitrogens with zero attached hydrogens (tertiary/aromatic N) is 3. The first-order valence-electron chi connectivity index (χ1n) is 6.80. The Labute approximate surface area is 123 Å². The zero-order valence-corrected chi connectivity index (χ0v) is 12.7. The molecular formula is C13H21N5O3. The molecule has 0 fully saturated rings.